The lowest BCUT2D eigenvalue weighted by Gasteiger charge is -2.41. The third-order valence-electron chi connectivity index (χ3n) is 4.93. The fraction of sp³-hybridized carbons (Fsp3) is 0.526. The molecule has 0 amide bonds. The monoisotopic (exact) mass is 351 g/mol. The maximum absolute atomic E-state index is 13.2. The highest BCUT2D eigenvalue weighted by atomic mass is 19.4. The quantitative estimate of drug-likeness (QED) is 0.846. The number of likely N-dealkylation sites (tertiary alicyclic amines) is 1. The molecule has 0 atom stereocenters. The summed E-state index contributed by atoms with van der Waals surface area (Å²) in [5, 5.41) is 3.97. The first-order valence-corrected chi connectivity index (χ1v) is 8.73. The van der Waals surface area contributed by atoms with Gasteiger partial charge in [0, 0.05) is 23.2 Å². The number of piperidine rings is 1. The van der Waals surface area contributed by atoms with E-state index in [0.717, 1.165) is 19.2 Å². The van der Waals surface area contributed by atoms with Crippen molar-refractivity contribution < 1.29 is 13.2 Å². The Labute approximate surface area is 146 Å². The van der Waals surface area contributed by atoms with Gasteiger partial charge in [-0.25, -0.2) is 4.98 Å². The van der Waals surface area contributed by atoms with Crippen LogP contribution in [0, 0.1) is 0 Å². The lowest BCUT2D eigenvalue weighted by atomic mass is 9.98. The molecule has 0 unspecified atom stereocenters. The Balaban J connectivity index is 1.87. The first-order valence-electron chi connectivity index (χ1n) is 8.73. The largest absolute Gasteiger partial charge is 0.433 e. The fourth-order valence-corrected chi connectivity index (χ4v) is 3.39. The first kappa shape index (κ1) is 18.0. The van der Waals surface area contributed by atoms with Crippen LogP contribution in [0.25, 0.3) is 10.9 Å². The second kappa shape index (κ2) is 6.83. The number of para-hydroxylation sites is 1. The van der Waals surface area contributed by atoms with Crippen molar-refractivity contribution in [3.8, 4) is 0 Å². The van der Waals surface area contributed by atoms with Gasteiger partial charge in [-0.3, -0.25) is 4.90 Å². The molecule has 1 aromatic heterocycles. The van der Waals surface area contributed by atoms with E-state index >= 15 is 0 Å². The van der Waals surface area contributed by atoms with E-state index in [0.29, 0.717) is 23.1 Å². The third-order valence-corrected chi connectivity index (χ3v) is 4.93. The molecule has 1 aromatic carbocycles. The molecule has 136 valence electrons. The van der Waals surface area contributed by atoms with Crippen LogP contribution in [0.15, 0.2) is 30.3 Å². The molecule has 3 rings (SSSR count). The smallest absolute Gasteiger partial charge is 0.383 e. The summed E-state index contributed by atoms with van der Waals surface area (Å²) in [5.41, 5.74) is -0.133. The number of nitrogens with zero attached hydrogens (tertiary/aromatic N) is 2. The van der Waals surface area contributed by atoms with Crippen LogP contribution in [0.1, 0.15) is 38.8 Å². The van der Waals surface area contributed by atoms with Gasteiger partial charge in [0.2, 0.25) is 0 Å². The van der Waals surface area contributed by atoms with Crippen LogP contribution in [0.2, 0.25) is 0 Å². The Kier molecular flexibility index (Phi) is 4.91. The summed E-state index contributed by atoms with van der Waals surface area (Å²) in [7, 11) is 0. The molecule has 1 aliphatic rings. The summed E-state index contributed by atoms with van der Waals surface area (Å²) < 4.78 is 39.5. The molecule has 1 fully saturated rings. The van der Waals surface area contributed by atoms with Gasteiger partial charge in [-0.05, 0) is 51.9 Å². The van der Waals surface area contributed by atoms with Crippen molar-refractivity contribution in [3.05, 3.63) is 36.0 Å². The topological polar surface area (TPSA) is 28.2 Å². The molecule has 0 radical (unpaired) electrons. The van der Waals surface area contributed by atoms with Gasteiger partial charge >= 0.3 is 6.18 Å². The minimum Gasteiger partial charge on any atom is -0.383 e. The molecular weight excluding hydrogens is 327 g/mol. The summed E-state index contributed by atoms with van der Waals surface area (Å²) in [5.74, 6) is 0. The van der Waals surface area contributed by atoms with Gasteiger partial charge in [-0.2, -0.15) is 13.2 Å². The molecular formula is C19H24F3N3. The van der Waals surface area contributed by atoms with Crippen LogP contribution in [0.4, 0.5) is 18.9 Å². The van der Waals surface area contributed by atoms with E-state index in [1.807, 2.05) is 6.07 Å². The molecule has 0 saturated carbocycles. The SMILES string of the molecule is CC(C)(CNc1cc(C(F)(F)F)nc2ccccc12)N1CCCCC1. The summed E-state index contributed by atoms with van der Waals surface area (Å²) in [6.07, 6.45) is -0.841. The molecule has 0 aliphatic carbocycles. The maximum atomic E-state index is 13.2. The van der Waals surface area contributed by atoms with Crippen LogP contribution >= 0.6 is 0 Å². The van der Waals surface area contributed by atoms with Crippen molar-refractivity contribution in [1.82, 2.24) is 9.88 Å². The van der Waals surface area contributed by atoms with Crippen LogP contribution in [-0.4, -0.2) is 35.1 Å². The van der Waals surface area contributed by atoms with E-state index in [9.17, 15) is 13.2 Å². The van der Waals surface area contributed by atoms with Crippen molar-refractivity contribution in [3.63, 3.8) is 0 Å². The Bertz CT molecular complexity index is 734. The van der Waals surface area contributed by atoms with Gasteiger partial charge < -0.3 is 5.32 Å². The molecule has 2 heterocycles. The number of alkyl halides is 3. The number of benzene rings is 1. The molecule has 3 nitrogen and oxygen atoms in total. The summed E-state index contributed by atoms with van der Waals surface area (Å²) in [6.45, 7) is 6.94. The van der Waals surface area contributed by atoms with Crippen LogP contribution in [-0.2, 0) is 6.18 Å². The summed E-state index contributed by atoms with van der Waals surface area (Å²) in [6, 6.07) is 8.06. The number of aromatic nitrogens is 1. The van der Waals surface area contributed by atoms with Crippen molar-refractivity contribution in [2.45, 2.75) is 44.8 Å². The molecule has 6 heteroatoms. The first-order chi connectivity index (χ1) is 11.8. The Morgan fingerprint density at radius 1 is 1.08 bits per heavy atom. The highest BCUT2D eigenvalue weighted by Crippen LogP contribution is 2.33. The van der Waals surface area contributed by atoms with Crippen molar-refractivity contribution >= 4 is 16.6 Å². The lowest BCUT2D eigenvalue weighted by Crippen LogP contribution is -2.50. The van der Waals surface area contributed by atoms with E-state index in [-0.39, 0.29) is 5.54 Å². The molecule has 1 saturated heterocycles. The number of nitrogens with one attached hydrogen (secondary N) is 1. The van der Waals surface area contributed by atoms with Gasteiger partial charge in [0.1, 0.15) is 5.69 Å². The van der Waals surface area contributed by atoms with Crippen molar-refractivity contribution in [2.24, 2.45) is 0 Å². The zero-order valence-corrected chi connectivity index (χ0v) is 14.7. The Morgan fingerprint density at radius 3 is 2.44 bits per heavy atom. The van der Waals surface area contributed by atoms with E-state index in [4.69, 9.17) is 0 Å². The highest BCUT2D eigenvalue weighted by Gasteiger charge is 2.34. The molecule has 25 heavy (non-hydrogen) atoms. The number of pyridine rings is 1. The predicted molar refractivity (Wildman–Crippen MR) is 94.7 cm³/mol. The van der Waals surface area contributed by atoms with E-state index in [1.165, 1.54) is 19.3 Å². The van der Waals surface area contributed by atoms with Crippen molar-refractivity contribution in [1.29, 1.82) is 0 Å². The summed E-state index contributed by atoms with van der Waals surface area (Å²) in [4.78, 5) is 6.18. The second-order valence-electron chi connectivity index (χ2n) is 7.28. The predicted octanol–water partition coefficient (Wildman–Crippen LogP) is 4.93. The minimum atomic E-state index is -4.46. The fourth-order valence-electron chi connectivity index (χ4n) is 3.39. The molecule has 1 N–H and O–H groups in total. The number of hydrogen-bond acceptors (Lipinski definition) is 3. The van der Waals surface area contributed by atoms with Gasteiger partial charge in [-0.15, -0.1) is 0 Å². The molecule has 1 aliphatic heterocycles. The van der Waals surface area contributed by atoms with E-state index in [1.54, 1.807) is 18.2 Å². The zero-order valence-electron chi connectivity index (χ0n) is 14.7. The van der Waals surface area contributed by atoms with E-state index < -0.39 is 11.9 Å². The zero-order chi connectivity index (χ0) is 18.1. The Morgan fingerprint density at radius 2 is 1.76 bits per heavy atom. The average molecular weight is 351 g/mol. The number of fused-ring (bicyclic) bond motifs is 1. The van der Waals surface area contributed by atoms with Gasteiger partial charge in [-0.1, -0.05) is 24.6 Å². The van der Waals surface area contributed by atoms with Crippen molar-refractivity contribution in [2.75, 3.05) is 25.0 Å². The molecule has 0 spiro atoms. The number of anilines is 1. The van der Waals surface area contributed by atoms with Crippen LogP contribution in [0.3, 0.4) is 0 Å². The lowest BCUT2D eigenvalue weighted by molar-refractivity contribution is -0.140. The number of hydrogen-bond donors (Lipinski definition) is 1. The van der Waals surface area contributed by atoms with Gasteiger partial charge in [0.25, 0.3) is 0 Å². The van der Waals surface area contributed by atoms with E-state index in [2.05, 4.69) is 29.0 Å². The molecule has 0 bridgehead atoms. The maximum Gasteiger partial charge on any atom is 0.433 e. The van der Waals surface area contributed by atoms with Gasteiger partial charge in [0.05, 0.1) is 5.52 Å². The minimum absolute atomic E-state index is 0.122. The highest BCUT2D eigenvalue weighted by molar-refractivity contribution is 5.91. The summed E-state index contributed by atoms with van der Waals surface area (Å²) >= 11 is 0. The Hall–Kier alpha value is -1.82. The second-order valence-corrected chi connectivity index (χ2v) is 7.28. The number of rotatable bonds is 4. The van der Waals surface area contributed by atoms with Gasteiger partial charge in [0.15, 0.2) is 0 Å². The standard InChI is InChI=1S/C19H24F3N3/c1-18(2,25-10-6-3-7-11-25)13-23-16-12-17(19(20,21)22)24-15-9-5-4-8-14(15)16/h4-5,8-9,12H,3,6-7,10-11,13H2,1-2H3,(H,23,24). The normalized spacial score (nSPS) is 17.0. The molecule has 2 aromatic rings. The number of halogens is 3. The third kappa shape index (κ3) is 4.06. The van der Waals surface area contributed by atoms with Crippen LogP contribution in [0.5, 0.6) is 0 Å². The average Bonchev–Trinajstić information content (AvgIpc) is 2.59. The van der Waals surface area contributed by atoms with Crippen LogP contribution < -0.4 is 5.32 Å².